The summed E-state index contributed by atoms with van der Waals surface area (Å²) in [6, 6.07) is -0.456. The molecule has 0 aromatic carbocycles. The van der Waals surface area contributed by atoms with Crippen molar-refractivity contribution < 1.29 is 14.7 Å². The van der Waals surface area contributed by atoms with Gasteiger partial charge in [-0.05, 0) is 25.3 Å². The first-order valence-corrected chi connectivity index (χ1v) is 6.76. The van der Waals surface area contributed by atoms with Gasteiger partial charge in [-0.1, -0.05) is 26.7 Å². The van der Waals surface area contributed by atoms with Crippen molar-refractivity contribution >= 4 is 11.9 Å². The lowest BCUT2D eigenvalue weighted by molar-refractivity contribution is -0.138. The maximum Gasteiger partial charge on any atom is 0.305 e. The van der Waals surface area contributed by atoms with Crippen LogP contribution in [-0.2, 0) is 9.59 Å². The molecule has 0 aromatic heterocycles. The van der Waals surface area contributed by atoms with E-state index in [0.29, 0.717) is 0 Å². The molecule has 1 fully saturated rings. The van der Waals surface area contributed by atoms with Crippen LogP contribution in [0.25, 0.3) is 0 Å². The Bertz CT molecular complexity index is 284. The molecule has 1 heterocycles. The van der Waals surface area contributed by atoms with Gasteiger partial charge in [-0.25, -0.2) is 0 Å². The van der Waals surface area contributed by atoms with Gasteiger partial charge in [-0.2, -0.15) is 0 Å². The number of carbonyl (C=O) groups is 2. The number of carboxylic acid groups (broad SMARTS) is 1. The van der Waals surface area contributed by atoms with Gasteiger partial charge in [0.05, 0.1) is 12.5 Å². The molecular formula is C13H24N2O3. The molecule has 2 unspecified atom stereocenters. The van der Waals surface area contributed by atoms with E-state index in [4.69, 9.17) is 5.11 Å². The normalized spacial score (nSPS) is 22.3. The van der Waals surface area contributed by atoms with Gasteiger partial charge in [0.2, 0.25) is 5.91 Å². The number of nitrogens with one attached hydrogen (secondary N) is 2. The van der Waals surface area contributed by atoms with Crippen molar-refractivity contribution in [2.45, 2.75) is 58.0 Å². The summed E-state index contributed by atoms with van der Waals surface area (Å²) >= 11 is 0. The minimum absolute atomic E-state index is 0.0177. The molecule has 0 aliphatic carbocycles. The highest BCUT2D eigenvalue weighted by Gasteiger charge is 2.24. The second kappa shape index (κ2) is 7.36. The quantitative estimate of drug-likeness (QED) is 0.689. The third kappa shape index (κ3) is 5.04. The Morgan fingerprint density at radius 1 is 1.33 bits per heavy atom. The summed E-state index contributed by atoms with van der Waals surface area (Å²) in [6.07, 6.45) is 4.13. The average molecular weight is 256 g/mol. The van der Waals surface area contributed by atoms with E-state index in [-0.39, 0.29) is 30.3 Å². The molecule has 0 spiro atoms. The van der Waals surface area contributed by atoms with E-state index in [1.165, 1.54) is 0 Å². The van der Waals surface area contributed by atoms with Crippen LogP contribution in [0.1, 0.15) is 46.0 Å². The molecule has 0 radical (unpaired) electrons. The van der Waals surface area contributed by atoms with E-state index in [0.717, 1.165) is 32.2 Å². The zero-order valence-corrected chi connectivity index (χ0v) is 11.2. The predicted molar refractivity (Wildman–Crippen MR) is 69.3 cm³/mol. The molecule has 0 aromatic rings. The van der Waals surface area contributed by atoms with Crippen LogP contribution in [0, 0.1) is 5.92 Å². The van der Waals surface area contributed by atoms with Gasteiger partial charge in [0, 0.05) is 6.04 Å². The molecule has 3 N–H and O–H groups in total. The number of hydrogen-bond acceptors (Lipinski definition) is 3. The zero-order chi connectivity index (χ0) is 13.5. The molecule has 104 valence electrons. The summed E-state index contributed by atoms with van der Waals surface area (Å²) in [6.45, 7) is 4.71. The molecule has 1 rings (SSSR count). The van der Waals surface area contributed by atoms with Crippen molar-refractivity contribution in [2.24, 2.45) is 5.92 Å². The minimum Gasteiger partial charge on any atom is -0.481 e. The Balaban J connectivity index is 2.51. The van der Waals surface area contributed by atoms with Gasteiger partial charge >= 0.3 is 5.97 Å². The number of aliphatic carboxylic acids is 1. The molecule has 1 aliphatic rings. The van der Waals surface area contributed by atoms with E-state index in [1.807, 2.05) is 13.8 Å². The van der Waals surface area contributed by atoms with Gasteiger partial charge in [0.25, 0.3) is 0 Å². The highest BCUT2D eigenvalue weighted by molar-refractivity contribution is 5.82. The molecule has 1 amide bonds. The second-order valence-electron chi connectivity index (χ2n) is 5.31. The van der Waals surface area contributed by atoms with Gasteiger partial charge in [0.1, 0.15) is 0 Å². The molecule has 0 bridgehead atoms. The van der Waals surface area contributed by atoms with Crippen LogP contribution >= 0.6 is 0 Å². The first kappa shape index (κ1) is 15.0. The highest BCUT2D eigenvalue weighted by Crippen LogP contribution is 2.11. The smallest absolute Gasteiger partial charge is 0.305 e. The standard InChI is InChI=1S/C13H24N2O3/c1-9(2)11(8-12(16)17)15-13(18)10-6-4-3-5-7-14-10/h9-11,14H,3-8H2,1-2H3,(H,15,18)(H,16,17). The molecule has 1 saturated heterocycles. The molecule has 1 aliphatic heterocycles. The maximum absolute atomic E-state index is 12.1. The number of hydrogen-bond donors (Lipinski definition) is 3. The first-order valence-electron chi connectivity index (χ1n) is 6.76. The van der Waals surface area contributed by atoms with Crippen LogP contribution in [0.4, 0.5) is 0 Å². The number of amides is 1. The topological polar surface area (TPSA) is 78.4 Å². The Hall–Kier alpha value is -1.10. The summed E-state index contributed by atoms with van der Waals surface area (Å²) in [4.78, 5) is 22.8. The van der Waals surface area contributed by atoms with Gasteiger partial charge in [-0.3, -0.25) is 9.59 Å². The third-order valence-corrected chi connectivity index (χ3v) is 3.40. The minimum atomic E-state index is -0.872. The first-order chi connectivity index (χ1) is 8.50. The van der Waals surface area contributed by atoms with Crippen LogP contribution in [0.5, 0.6) is 0 Å². The lowest BCUT2D eigenvalue weighted by atomic mass is 10.00. The van der Waals surface area contributed by atoms with E-state index >= 15 is 0 Å². The summed E-state index contributed by atoms with van der Waals surface area (Å²) < 4.78 is 0. The molecular weight excluding hydrogens is 232 g/mol. The van der Waals surface area contributed by atoms with Crippen molar-refractivity contribution in [3.8, 4) is 0 Å². The van der Waals surface area contributed by atoms with Gasteiger partial charge in [-0.15, -0.1) is 0 Å². The van der Waals surface area contributed by atoms with Gasteiger partial charge in [0.15, 0.2) is 0 Å². The van der Waals surface area contributed by atoms with Crippen LogP contribution in [0.3, 0.4) is 0 Å². The summed E-state index contributed by atoms with van der Waals surface area (Å²) in [5, 5.41) is 14.9. The summed E-state index contributed by atoms with van der Waals surface area (Å²) in [7, 11) is 0. The summed E-state index contributed by atoms with van der Waals surface area (Å²) in [5.41, 5.74) is 0. The largest absolute Gasteiger partial charge is 0.481 e. The van der Waals surface area contributed by atoms with E-state index in [9.17, 15) is 9.59 Å². The summed E-state index contributed by atoms with van der Waals surface area (Å²) in [5.74, 6) is -0.810. The van der Waals surface area contributed by atoms with E-state index in [1.54, 1.807) is 0 Å². The van der Waals surface area contributed by atoms with Crippen LogP contribution in [0.15, 0.2) is 0 Å². The monoisotopic (exact) mass is 256 g/mol. The Morgan fingerprint density at radius 2 is 2.06 bits per heavy atom. The lowest BCUT2D eigenvalue weighted by Gasteiger charge is -2.24. The predicted octanol–water partition coefficient (Wildman–Crippen LogP) is 1.13. The lowest BCUT2D eigenvalue weighted by Crippen LogP contribution is -2.49. The molecule has 0 saturated carbocycles. The Morgan fingerprint density at radius 3 is 2.67 bits per heavy atom. The zero-order valence-electron chi connectivity index (χ0n) is 11.2. The fourth-order valence-corrected chi connectivity index (χ4v) is 2.18. The number of carbonyl (C=O) groups excluding carboxylic acids is 1. The van der Waals surface area contributed by atoms with Crippen LogP contribution < -0.4 is 10.6 Å². The maximum atomic E-state index is 12.1. The fourth-order valence-electron chi connectivity index (χ4n) is 2.18. The van der Waals surface area contributed by atoms with E-state index in [2.05, 4.69) is 10.6 Å². The van der Waals surface area contributed by atoms with Gasteiger partial charge < -0.3 is 15.7 Å². The number of carboxylic acids is 1. The van der Waals surface area contributed by atoms with Crippen molar-refractivity contribution in [1.82, 2.24) is 10.6 Å². The van der Waals surface area contributed by atoms with Crippen LogP contribution in [0.2, 0.25) is 0 Å². The molecule has 18 heavy (non-hydrogen) atoms. The van der Waals surface area contributed by atoms with E-state index < -0.39 is 5.97 Å². The number of rotatable bonds is 5. The molecule has 5 nitrogen and oxygen atoms in total. The fraction of sp³-hybridized carbons (Fsp3) is 0.846. The SMILES string of the molecule is CC(C)C(CC(=O)O)NC(=O)C1CCCCCN1. The Labute approximate surface area is 108 Å². The van der Waals surface area contributed by atoms with Crippen molar-refractivity contribution in [1.29, 1.82) is 0 Å². The average Bonchev–Trinajstić information content (AvgIpc) is 2.55. The third-order valence-electron chi connectivity index (χ3n) is 3.40. The Kier molecular flexibility index (Phi) is 6.12. The molecule has 5 heteroatoms. The van der Waals surface area contributed by atoms with Crippen molar-refractivity contribution in [3.05, 3.63) is 0 Å². The second-order valence-corrected chi connectivity index (χ2v) is 5.31. The van der Waals surface area contributed by atoms with Crippen molar-refractivity contribution in [3.63, 3.8) is 0 Å². The molecule has 2 atom stereocenters. The van der Waals surface area contributed by atoms with Crippen LogP contribution in [-0.4, -0.2) is 35.6 Å². The van der Waals surface area contributed by atoms with Crippen molar-refractivity contribution in [2.75, 3.05) is 6.54 Å². The highest BCUT2D eigenvalue weighted by atomic mass is 16.4.